The summed E-state index contributed by atoms with van der Waals surface area (Å²) < 4.78 is 11.2. The van der Waals surface area contributed by atoms with Crippen molar-refractivity contribution >= 4 is 17.5 Å². The summed E-state index contributed by atoms with van der Waals surface area (Å²) >= 11 is 6.16. The summed E-state index contributed by atoms with van der Waals surface area (Å²) in [5, 5.41) is 8.66. The Morgan fingerprint density at radius 2 is 2.00 bits per heavy atom. The van der Waals surface area contributed by atoms with Crippen molar-refractivity contribution in [2.24, 2.45) is 0 Å². The monoisotopic (exact) mass is 357 g/mol. The summed E-state index contributed by atoms with van der Waals surface area (Å²) in [5.41, 5.74) is 0.675. The van der Waals surface area contributed by atoms with E-state index in [0.717, 1.165) is 12.8 Å². The topological polar surface area (TPSA) is 72.4 Å². The van der Waals surface area contributed by atoms with Crippen LogP contribution in [-0.2, 0) is 6.54 Å². The van der Waals surface area contributed by atoms with Crippen LogP contribution in [0, 0.1) is 6.92 Å². The number of nitrogens with zero attached hydrogens (tertiary/aromatic N) is 3. The number of furan rings is 1. The maximum absolute atomic E-state index is 12.7. The fourth-order valence-corrected chi connectivity index (χ4v) is 2.87. The van der Waals surface area contributed by atoms with Crippen LogP contribution < -0.4 is 0 Å². The molecule has 0 saturated heterocycles. The lowest BCUT2D eigenvalue weighted by atomic mass is 10.2. The first-order valence-corrected chi connectivity index (χ1v) is 8.44. The van der Waals surface area contributed by atoms with Gasteiger partial charge in [0.1, 0.15) is 5.76 Å². The zero-order valence-corrected chi connectivity index (χ0v) is 14.4. The minimum Gasteiger partial charge on any atom is -0.456 e. The Labute approximate surface area is 149 Å². The molecule has 2 aromatic heterocycles. The van der Waals surface area contributed by atoms with Crippen LogP contribution in [0.4, 0.5) is 0 Å². The normalized spacial score (nSPS) is 13.8. The maximum atomic E-state index is 12.7. The van der Waals surface area contributed by atoms with E-state index in [1.807, 2.05) is 25.1 Å². The van der Waals surface area contributed by atoms with Crippen molar-refractivity contribution in [1.29, 1.82) is 0 Å². The average molecular weight is 358 g/mol. The van der Waals surface area contributed by atoms with Crippen LogP contribution in [-0.4, -0.2) is 27.0 Å². The number of hydrogen-bond acceptors (Lipinski definition) is 5. The van der Waals surface area contributed by atoms with Gasteiger partial charge in [-0.2, -0.15) is 0 Å². The average Bonchev–Trinajstić information content (AvgIpc) is 3.18. The number of aromatic nitrogens is 2. The van der Waals surface area contributed by atoms with Crippen molar-refractivity contribution in [1.82, 2.24) is 15.1 Å². The van der Waals surface area contributed by atoms with Gasteiger partial charge in [0.2, 0.25) is 11.8 Å². The van der Waals surface area contributed by atoms with E-state index in [1.165, 1.54) is 0 Å². The molecule has 4 rings (SSSR count). The predicted molar refractivity (Wildman–Crippen MR) is 91.1 cm³/mol. The highest BCUT2D eigenvalue weighted by molar-refractivity contribution is 6.33. The lowest BCUT2D eigenvalue weighted by molar-refractivity contribution is 0.0680. The minimum absolute atomic E-state index is 0.159. The van der Waals surface area contributed by atoms with Gasteiger partial charge in [-0.25, -0.2) is 0 Å². The standard InChI is InChI=1S/C18H16ClN3O3/c1-11-6-9-15(24-11)18(23)22(12-7-8-12)10-16-20-21-17(25-16)13-4-2-3-5-14(13)19/h2-6,9,12H,7-8,10H2,1H3. The number of benzene rings is 1. The SMILES string of the molecule is Cc1ccc(C(=O)N(Cc2nnc(-c3ccccc3Cl)o2)C2CC2)o1. The number of hydrogen-bond donors (Lipinski definition) is 0. The summed E-state index contributed by atoms with van der Waals surface area (Å²) in [6.07, 6.45) is 1.94. The molecule has 0 N–H and O–H groups in total. The number of rotatable bonds is 5. The smallest absolute Gasteiger partial charge is 0.290 e. The molecule has 3 aromatic rings. The molecule has 6 nitrogen and oxygen atoms in total. The van der Waals surface area contributed by atoms with Gasteiger partial charge in [0.15, 0.2) is 5.76 Å². The molecule has 2 heterocycles. The molecular weight excluding hydrogens is 342 g/mol. The highest BCUT2D eigenvalue weighted by Gasteiger charge is 2.35. The molecule has 1 aliphatic carbocycles. The van der Waals surface area contributed by atoms with E-state index in [4.69, 9.17) is 20.4 Å². The maximum Gasteiger partial charge on any atom is 0.290 e. The summed E-state index contributed by atoms with van der Waals surface area (Å²) in [6.45, 7) is 2.06. The van der Waals surface area contributed by atoms with Crippen molar-refractivity contribution < 1.29 is 13.6 Å². The van der Waals surface area contributed by atoms with Crippen molar-refractivity contribution in [3.8, 4) is 11.5 Å². The third kappa shape index (κ3) is 3.30. The molecule has 1 aliphatic rings. The lowest BCUT2D eigenvalue weighted by Crippen LogP contribution is -2.32. The Bertz CT molecular complexity index is 914. The Morgan fingerprint density at radius 3 is 2.68 bits per heavy atom. The number of carbonyl (C=O) groups excluding carboxylic acids is 1. The minimum atomic E-state index is -0.159. The van der Waals surface area contributed by atoms with E-state index in [9.17, 15) is 4.79 Å². The van der Waals surface area contributed by atoms with Gasteiger partial charge in [-0.05, 0) is 44.0 Å². The molecule has 0 unspecified atom stereocenters. The van der Waals surface area contributed by atoms with Gasteiger partial charge in [-0.15, -0.1) is 10.2 Å². The van der Waals surface area contributed by atoms with E-state index in [2.05, 4.69) is 10.2 Å². The van der Waals surface area contributed by atoms with Gasteiger partial charge in [0.05, 0.1) is 17.1 Å². The molecule has 0 atom stereocenters. The first-order chi connectivity index (χ1) is 12.1. The molecular formula is C18H16ClN3O3. The Kier molecular flexibility index (Phi) is 4.05. The summed E-state index contributed by atoms with van der Waals surface area (Å²) in [4.78, 5) is 14.4. The van der Waals surface area contributed by atoms with Crippen LogP contribution in [0.2, 0.25) is 5.02 Å². The van der Waals surface area contributed by atoms with Crippen molar-refractivity contribution in [3.63, 3.8) is 0 Å². The van der Waals surface area contributed by atoms with Crippen molar-refractivity contribution in [3.05, 3.63) is 58.8 Å². The molecule has 0 radical (unpaired) electrons. The van der Waals surface area contributed by atoms with Gasteiger partial charge >= 0.3 is 0 Å². The lowest BCUT2D eigenvalue weighted by Gasteiger charge is -2.19. The second kappa shape index (κ2) is 6.37. The van der Waals surface area contributed by atoms with E-state index in [-0.39, 0.29) is 18.5 Å². The van der Waals surface area contributed by atoms with Crippen LogP contribution in [0.15, 0.2) is 45.2 Å². The molecule has 1 fully saturated rings. The second-order valence-corrected chi connectivity index (χ2v) is 6.46. The van der Waals surface area contributed by atoms with Gasteiger partial charge in [0, 0.05) is 6.04 Å². The highest BCUT2D eigenvalue weighted by atomic mass is 35.5. The van der Waals surface area contributed by atoms with Crippen LogP contribution in [0.25, 0.3) is 11.5 Å². The molecule has 7 heteroatoms. The quantitative estimate of drug-likeness (QED) is 0.687. The van der Waals surface area contributed by atoms with Crippen LogP contribution >= 0.6 is 11.6 Å². The molecule has 25 heavy (non-hydrogen) atoms. The second-order valence-electron chi connectivity index (χ2n) is 6.06. The summed E-state index contributed by atoms with van der Waals surface area (Å²) in [7, 11) is 0. The molecule has 1 saturated carbocycles. The third-order valence-electron chi connectivity index (χ3n) is 4.08. The van der Waals surface area contributed by atoms with Crippen LogP contribution in [0.3, 0.4) is 0 Å². The van der Waals surface area contributed by atoms with Gasteiger partial charge < -0.3 is 13.7 Å². The largest absolute Gasteiger partial charge is 0.456 e. The molecule has 128 valence electrons. The number of amides is 1. The Morgan fingerprint density at radius 1 is 1.20 bits per heavy atom. The molecule has 0 bridgehead atoms. The Balaban J connectivity index is 1.56. The van der Waals surface area contributed by atoms with E-state index >= 15 is 0 Å². The van der Waals surface area contributed by atoms with Crippen LogP contribution in [0.1, 0.15) is 35.0 Å². The molecule has 1 aromatic carbocycles. The third-order valence-corrected chi connectivity index (χ3v) is 4.41. The summed E-state index contributed by atoms with van der Waals surface area (Å²) in [5.74, 6) is 1.59. The molecule has 0 spiro atoms. The van der Waals surface area contributed by atoms with Gasteiger partial charge in [-0.3, -0.25) is 4.79 Å². The van der Waals surface area contributed by atoms with E-state index < -0.39 is 0 Å². The highest BCUT2D eigenvalue weighted by Crippen LogP contribution is 2.31. The first kappa shape index (κ1) is 15.9. The van der Waals surface area contributed by atoms with Crippen LogP contribution in [0.5, 0.6) is 0 Å². The molecule has 0 aliphatic heterocycles. The fourth-order valence-electron chi connectivity index (χ4n) is 2.65. The van der Waals surface area contributed by atoms with E-state index in [0.29, 0.717) is 33.9 Å². The van der Waals surface area contributed by atoms with Gasteiger partial charge in [-0.1, -0.05) is 23.7 Å². The number of aryl methyl sites for hydroxylation is 1. The van der Waals surface area contributed by atoms with Crippen molar-refractivity contribution in [2.45, 2.75) is 32.4 Å². The molecule has 1 amide bonds. The zero-order chi connectivity index (χ0) is 17.4. The number of halogens is 1. The van der Waals surface area contributed by atoms with E-state index in [1.54, 1.807) is 23.1 Å². The predicted octanol–water partition coefficient (Wildman–Crippen LogP) is 4.10. The Hall–Kier alpha value is -2.60. The fraction of sp³-hybridized carbons (Fsp3) is 0.278. The first-order valence-electron chi connectivity index (χ1n) is 8.06. The summed E-state index contributed by atoms with van der Waals surface area (Å²) in [6, 6.07) is 10.9. The zero-order valence-electron chi connectivity index (χ0n) is 13.6. The van der Waals surface area contributed by atoms with Crippen molar-refractivity contribution in [2.75, 3.05) is 0 Å². The number of carbonyl (C=O) groups is 1. The van der Waals surface area contributed by atoms with Gasteiger partial charge in [0.25, 0.3) is 5.91 Å².